The number of ether oxygens (including phenoxy) is 2. The third-order valence-corrected chi connectivity index (χ3v) is 28.2. The molecule has 0 radical (unpaired) electrons. The molecule has 0 saturated heterocycles. The number of hydrogen-bond donors (Lipinski definition) is 7. The van der Waals surface area contributed by atoms with Gasteiger partial charge < -0.3 is 40.7 Å². The van der Waals surface area contributed by atoms with Crippen molar-refractivity contribution in [3.05, 3.63) is 164 Å². The number of pyridine rings is 3. The molecule has 0 fully saturated rings. The lowest BCUT2D eigenvalue weighted by Gasteiger charge is -2.27. The summed E-state index contributed by atoms with van der Waals surface area (Å²) >= 11 is 4.77. The smallest absolute Gasteiger partial charge is 0.425 e. The topological polar surface area (TPSA) is 551 Å². The Labute approximate surface area is 858 Å². The number of allylic oxidation sites excluding steroid dienone is 4. The van der Waals surface area contributed by atoms with Crippen LogP contribution in [0, 0.1) is 0 Å². The molecule has 7 N–H and O–H groups in total. The molecular formula is C101H126N10O27S7+2. The van der Waals surface area contributed by atoms with Crippen LogP contribution < -0.4 is 26.2 Å². The number of carbonyl (C=O) groups excluding carboxylic acids is 11. The number of nitrogens with zero attached hydrogens (tertiary/aromatic N) is 6. The molecule has 9 aromatic rings. The number of nitrogens with one attached hydrogen (secondary N) is 4. The molecule has 44 heteroatoms. The number of unbranched alkanes of at least 4 members (excludes halogenated alkanes) is 7. The van der Waals surface area contributed by atoms with Crippen molar-refractivity contribution in [3.63, 3.8) is 0 Å². The lowest BCUT2D eigenvalue weighted by atomic mass is 9.79. The molecule has 37 nitrogen and oxygen atoms in total. The minimum Gasteiger partial charge on any atom is -0.481 e. The maximum absolute atomic E-state index is 13.6. The number of benzene rings is 3. The van der Waals surface area contributed by atoms with Gasteiger partial charge in [-0.1, -0.05) is 80.2 Å². The first-order valence-electron chi connectivity index (χ1n) is 47.3. The van der Waals surface area contributed by atoms with Crippen molar-refractivity contribution in [2.75, 3.05) is 68.8 Å². The minimum absolute atomic E-state index is 0.00378. The van der Waals surface area contributed by atoms with Crippen LogP contribution >= 0.6 is 34.0 Å². The van der Waals surface area contributed by atoms with Crippen LogP contribution in [0.2, 0.25) is 0 Å². The number of hydrogen-bond acceptors (Lipinski definition) is 31. The van der Waals surface area contributed by atoms with Gasteiger partial charge in [0.05, 0.1) is 38.8 Å². The number of carboxylic acids is 1. The summed E-state index contributed by atoms with van der Waals surface area (Å²) < 4.78 is 133. The molecule has 0 aliphatic carbocycles. The second-order valence-electron chi connectivity index (χ2n) is 35.3. The van der Waals surface area contributed by atoms with Gasteiger partial charge in [-0.05, 0) is 211 Å². The first-order chi connectivity index (χ1) is 68.5. The first kappa shape index (κ1) is 121. The highest BCUT2D eigenvalue weighted by molar-refractivity contribution is 7.86. The van der Waals surface area contributed by atoms with Crippen LogP contribution in [0.4, 0.5) is 17.1 Å². The van der Waals surface area contributed by atoms with Gasteiger partial charge in [0.2, 0.25) is 11.4 Å². The SMILES string of the molecule is CCCCC[N+]1=C(/C=C/C=C2/N(CCCCCC(=O)O)c3c(cc(-c4cc(C(=O)NCCS(=O)(=O)O)nc(C(=O)NCCS(=O)(=O)O)c4)c4sccc34)C2(C)C)C(C)(C)c2cc(-c3cc(C(=O)NCC)nc(C(=O)NCCC)c3)c3sccc3c21.CCCCC[N+]1=C(C)C(C)(C)c2cc(-c3cc(C(=O)CCC)nc(C(=O)CCCC)c3)c3sccc3c21.CCOC(C)OC(C)=O.O=C=O.O=C=O.O=S(=O)=O.O=S(=O)=O. The van der Waals surface area contributed by atoms with E-state index in [1.807, 2.05) is 57.3 Å². The first-order valence-corrected chi connectivity index (χ1v) is 55.1. The molecule has 145 heavy (non-hydrogen) atoms. The molecule has 0 spiro atoms. The Hall–Kier alpha value is -12.4. The number of aromatic nitrogens is 3. The third-order valence-electron chi connectivity index (χ3n) is 23.9. The zero-order valence-corrected chi connectivity index (χ0v) is 89.8. The normalized spacial score (nSPS) is 13.7. The van der Waals surface area contributed by atoms with Gasteiger partial charge in [-0.3, -0.25) is 47.5 Å². The van der Waals surface area contributed by atoms with E-state index in [9.17, 15) is 69.4 Å². The molecular weight excluding hydrogens is 2010 g/mol. The highest BCUT2D eigenvalue weighted by Crippen LogP contribution is 2.56. The zero-order chi connectivity index (χ0) is 108. The minimum atomic E-state index is -4.44. The van der Waals surface area contributed by atoms with Crippen molar-refractivity contribution in [1.29, 1.82) is 0 Å². The summed E-state index contributed by atoms with van der Waals surface area (Å²) in [5.41, 5.74) is 14.0. The number of fused-ring (bicyclic) bond motifs is 9. The van der Waals surface area contributed by atoms with Gasteiger partial charge in [-0.25, -0.2) is 15.0 Å². The average molecular weight is 2140 g/mol. The van der Waals surface area contributed by atoms with Crippen molar-refractivity contribution in [2.45, 2.75) is 236 Å². The van der Waals surface area contributed by atoms with Crippen LogP contribution in [0.15, 0.2) is 113 Å². The van der Waals surface area contributed by atoms with Gasteiger partial charge in [-0.15, -0.1) is 59.3 Å². The fourth-order valence-corrected chi connectivity index (χ4v) is 20.6. The Kier molecular flexibility index (Phi) is 47.6. The molecule has 0 saturated carbocycles. The predicted molar refractivity (Wildman–Crippen MR) is 553 cm³/mol. The van der Waals surface area contributed by atoms with Crippen LogP contribution in [0.3, 0.4) is 0 Å². The Balaban J connectivity index is 0.000000436. The molecule has 1 unspecified atom stereocenters. The van der Waals surface area contributed by atoms with E-state index in [2.05, 4.69) is 177 Å². The van der Waals surface area contributed by atoms with E-state index in [0.717, 1.165) is 129 Å². The Bertz CT molecular complexity index is 6830. The zero-order valence-electron chi connectivity index (χ0n) is 84.0. The van der Waals surface area contributed by atoms with Gasteiger partial charge in [0.15, 0.2) is 29.3 Å². The molecule has 12 rings (SSSR count). The van der Waals surface area contributed by atoms with Crippen molar-refractivity contribution in [2.24, 2.45) is 0 Å². The molecule has 1 atom stereocenters. The average Bonchev–Trinajstić information content (AvgIpc) is 1.56. The maximum atomic E-state index is 13.6. The van der Waals surface area contributed by atoms with Crippen LogP contribution in [0.5, 0.6) is 0 Å². The fraction of sp³-hybridized carbons (Fsp3) is 0.455. The number of Topliss-reactive ketones (excluding diaryl/α,β-unsaturated/α-hetero) is 2. The lowest BCUT2D eigenvalue weighted by Crippen LogP contribution is -2.32. The Morgan fingerprint density at radius 3 is 1.32 bits per heavy atom. The van der Waals surface area contributed by atoms with E-state index in [1.54, 1.807) is 41.7 Å². The number of aliphatic carboxylic acids is 1. The quantitative estimate of drug-likeness (QED) is 0.00466. The van der Waals surface area contributed by atoms with E-state index in [4.69, 9.17) is 49.2 Å². The van der Waals surface area contributed by atoms with Crippen LogP contribution in [-0.4, -0.2) is 221 Å². The standard InChI is InChI=1S/C61H72N8O12S4.C32H41N2O2S.C6H12O3.2CO2.2O3S/c1-8-11-14-25-68-49(60(4,5)43-35-41(54-39(52(43)68)20-27-82-54)37-31-45(56(72)62-10-3)66-46(32-37)57(73)63-22-9-2)17-16-18-50-61(6,7)44-36-42(55-40(21-28-83-55)53(44)69(50)26-15-12-13-19-51(70)71)38-33-47(58(74)64-23-29-84(76,77)78)67-48(34-38)59(75)65-24-30-85(79,80)81;1-7-10-12-16-34-21(4)32(5,6)25-20-24(31-23(30(25)34)15-17-37-31)22-18-26(28(35)13-9-3)33-27(19-22)29(36)14-11-8-2;1-4-8-6(3)9-5(2)7;2*2-1-3;2*1-4(2)3/h16-18,20-21,27-28,31-36H,8-15,19,22-26,29-30H2,1-7H3,(H6-,62,63,64,65,70,71,72,73,74,75,76,77,78,79,80,81);15,17-20H,7-14,16H2,1-6H3;6H,4H2,1-3H3;;;;/q;+1;;;;;/p+1. The highest BCUT2D eigenvalue weighted by atomic mass is 32.2. The van der Waals surface area contributed by atoms with Crippen molar-refractivity contribution in [3.8, 4) is 33.4 Å². The third kappa shape index (κ3) is 33.5. The summed E-state index contributed by atoms with van der Waals surface area (Å²) in [7, 11) is -15.1. The van der Waals surface area contributed by atoms with Gasteiger partial charge in [0, 0.05) is 150 Å². The molecule has 782 valence electrons. The van der Waals surface area contributed by atoms with Gasteiger partial charge in [0.1, 0.15) is 47.3 Å². The van der Waals surface area contributed by atoms with E-state index in [0.29, 0.717) is 86.4 Å². The van der Waals surface area contributed by atoms with E-state index >= 15 is 0 Å². The second-order valence-corrected chi connectivity index (χ2v) is 42.0. The number of rotatable bonds is 42. The predicted octanol–water partition coefficient (Wildman–Crippen LogP) is 16.5. The summed E-state index contributed by atoms with van der Waals surface area (Å²) in [6.07, 6.45) is 19.1. The summed E-state index contributed by atoms with van der Waals surface area (Å²) in [4.78, 5) is 150. The van der Waals surface area contributed by atoms with Crippen molar-refractivity contribution in [1.82, 2.24) is 36.2 Å². The summed E-state index contributed by atoms with van der Waals surface area (Å²) in [6.45, 7) is 35.6. The monoisotopic (exact) mass is 2130 g/mol. The highest BCUT2D eigenvalue weighted by Gasteiger charge is 2.48. The molecule has 0 bridgehead atoms. The number of thiophene rings is 3. The van der Waals surface area contributed by atoms with Gasteiger partial charge in [-0.2, -0.15) is 45.2 Å². The summed E-state index contributed by atoms with van der Waals surface area (Å²) in [5.74, 6) is -5.13. The fourth-order valence-electron chi connectivity index (χ4n) is 17.0. The van der Waals surface area contributed by atoms with Crippen LogP contribution in [0.25, 0.3) is 63.6 Å². The second kappa shape index (κ2) is 56.9. The molecule has 3 aliphatic heterocycles. The van der Waals surface area contributed by atoms with Crippen LogP contribution in [0.1, 0.15) is 293 Å². The molecule has 4 amide bonds. The van der Waals surface area contributed by atoms with E-state index < -0.39 is 101 Å². The van der Waals surface area contributed by atoms with E-state index in [-0.39, 0.29) is 76.3 Å². The van der Waals surface area contributed by atoms with Crippen molar-refractivity contribution < 1.29 is 132 Å². The van der Waals surface area contributed by atoms with Crippen molar-refractivity contribution >= 4 is 194 Å². The largest absolute Gasteiger partial charge is 0.481 e. The molecule has 9 heterocycles. The van der Waals surface area contributed by atoms with Crippen LogP contribution in [-0.2, 0) is 95.9 Å². The van der Waals surface area contributed by atoms with E-state index in [1.165, 1.54) is 76.7 Å². The number of carbonyl (C=O) groups is 8. The maximum Gasteiger partial charge on any atom is 0.425 e. The number of anilines is 1. The Morgan fingerprint density at radius 1 is 0.497 bits per heavy atom. The Morgan fingerprint density at radius 2 is 0.897 bits per heavy atom. The summed E-state index contributed by atoms with van der Waals surface area (Å²) in [5, 5.41) is 29.5. The van der Waals surface area contributed by atoms with Gasteiger partial charge in [0.25, 0.3) is 43.9 Å². The number of ketones is 2. The summed E-state index contributed by atoms with van der Waals surface area (Å²) in [6, 6.07) is 23.2. The van der Waals surface area contributed by atoms with Gasteiger partial charge >= 0.3 is 45.5 Å². The molecule has 6 aromatic heterocycles. The molecule has 3 aliphatic rings. The number of esters is 1. The number of amides is 4. The molecule has 3 aromatic carbocycles. The lowest BCUT2D eigenvalue weighted by molar-refractivity contribution is -0.438. The number of carboxylic acid groups (broad SMARTS) is 1.